The lowest BCUT2D eigenvalue weighted by Gasteiger charge is -2.25. The molecular formula is C25H28FN3O2S. The van der Waals surface area contributed by atoms with E-state index in [0.29, 0.717) is 25.3 Å². The maximum absolute atomic E-state index is 13.4. The van der Waals surface area contributed by atoms with Crippen LogP contribution in [0.25, 0.3) is 0 Å². The molecule has 0 atom stereocenters. The number of piperidine rings is 1. The van der Waals surface area contributed by atoms with Crippen molar-refractivity contribution in [2.75, 3.05) is 20.2 Å². The quantitative estimate of drug-likeness (QED) is 0.475. The number of hydrogen-bond acceptors (Lipinski definition) is 5. The number of methoxy groups -OCH3 is 1. The third-order valence-corrected chi connectivity index (χ3v) is 6.49. The van der Waals surface area contributed by atoms with Crippen LogP contribution in [0.3, 0.4) is 0 Å². The summed E-state index contributed by atoms with van der Waals surface area (Å²) in [7, 11) is 1.65. The van der Waals surface area contributed by atoms with Gasteiger partial charge < -0.3 is 9.64 Å². The second-order valence-corrected chi connectivity index (χ2v) is 9.04. The highest BCUT2D eigenvalue weighted by atomic mass is 32.1. The topological polar surface area (TPSA) is 45.7 Å². The molecule has 0 aliphatic carbocycles. The third kappa shape index (κ3) is 5.93. The lowest BCUT2D eigenvalue weighted by molar-refractivity contribution is 0.0718. The molecule has 7 heteroatoms. The van der Waals surface area contributed by atoms with Crippen molar-refractivity contribution in [3.05, 3.63) is 81.6 Å². The van der Waals surface area contributed by atoms with Crippen LogP contribution in [0.2, 0.25) is 0 Å². The Morgan fingerprint density at radius 3 is 2.25 bits per heavy atom. The van der Waals surface area contributed by atoms with Crippen molar-refractivity contribution in [3.8, 4) is 5.75 Å². The SMILES string of the molecule is COc1ccc(CN(Cc2ccc(F)cc2)Cc2nc(C(=O)N3CCCCC3)cs2)cc1. The highest BCUT2D eigenvalue weighted by Gasteiger charge is 2.21. The zero-order valence-electron chi connectivity index (χ0n) is 18.3. The second-order valence-electron chi connectivity index (χ2n) is 8.10. The molecule has 1 saturated heterocycles. The molecule has 1 aromatic heterocycles. The van der Waals surface area contributed by atoms with E-state index in [4.69, 9.17) is 4.74 Å². The summed E-state index contributed by atoms with van der Waals surface area (Å²) in [6, 6.07) is 14.6. The number of carbonyl (C=O) groups excluding carboxylic acids is 1. The molecule has 0 spiro atoms. The summed E-state index contributed by atoms with van der Waals surface area (Å²) < 4.78 is 18.6. The molecule has 168 valence electrons. The molecule has 0 radical (unpaired) electrons. The Hall–Kier alpha value is -2.77. The van der Waals surface area contributed by atoms with Crippen molar-refractivity contribution in [1.29, 1.82) is 0 Å². The number of rotatable bonds is 8. The summed E-state index contributed by atoms with van der Waals surface area (Å²) in [5, 5.41) is 2.77. The number of benzene rings is 2. The van der Waals surface area contributed by atoms with E-state index in [1.165, 1.54) is 29.9 Å². The molecule has 1 aliphatic heterocycles. The lowest BCUT2D eigenvalue weighted by Crippen LogP contribution is -2.35. The summed E-state index contributed by atoms with van der Waals surface area (Å²) in [5.41, 5.74) is 2.72. The number of hydrogen-bond donors (Lipinski definition) is 0. The number of nitrogens with zero attached hydrogens (tertiary/aromatic N) is 3. The van der Waals surface area contributed by atoms with Gasteiger partial charge in [-0.2, -0.15) is 0 Å². The minimum absolute atomic E-state index is 0.0347. The highest BCUT2D eigenvalue weighted by Crippen LogP contribution is 2.20. The van der Waals surface area contributed by atoms with Crippen molar-refractivity contribution in [2.24, 2.45) is 0 Å². The van der Waals surface area contributed by atoms with Gasteiger partial charge in [0.1, 0.15) is 22.3 Å². The Kier molecular flexibility index (Phi) is 7.50. The van der Waals surface area contributed by atoms with Gasteiger partial charge in [-0.05, 0) is 54.7 Å². The number of thiazole rings is 1. The summed E-state index contributed by atoms with van der Waals surface area (Å²) in [6.45, 7) is 3.61. The maximum Gasteiger partial charge on any atom is 0.273 e. The molecule has 1 aliphatic rings. The molecule has 32 heavy (non-hydrogen) atoms. The number of ether oxygens (including phenoxy) is 1. The van der Waals surface area contributed by atoms with Crippen LogP contribution >= 0.6 is 11.3 Å². The predicted molar refractivity (Wildman–Crippen MR) is 124 cm³/mol. The molecule has 2 aromatic carbocycles. The number of amides is 1. The average molecular weight is 454 g/mol. The van der Waals surface area contributed by atoms with Crippen LogP contribution in [0.15, 0.2) is 53.9 Å². The van der Waals surface area contributed by atoms with Crippen LogP contribution in [-0.4, -0.2) is 40.9 Å². The molecule has 0 N–H and O–H groups in total. The molecule has 0 unspecified atom stereocenters. The fourth-order valence-electron chi connectivity index (χ4n) is 3.94. The van der Waals surface area contributed by atoms with E-state index < -0.39 is 0 Å². The molecule has 0 bridgehead atoms. The summed E-state index contributed by atoms with van der Waals surface area (Å²) in [4.78, 5) is 21.6. The molecule has 2 heterocycles. The van der Waals surface area contributed by atoms with Gasteiger partial charge in [0.15, 0.2) is 0 Å². The van der Waals surface area contributed by atoms with Crippen molar-refractivity contribution < 1.29 is 13.9 Å². The van der Waals surface area contributed by atoms with E-state index in [1.54, 1.807) is 7.11 Å². The largest absolute Gasteiger partial charge is 0.497 e. The van der Waals surface area contributed by atoms with Crippen LogP contribution in [0.4, 0.5) is 4.39 Å². The fourth-order valence-corrected chi connectivity index (χ4v) is 4.75. The number of aromatic nitrogens is 1. The van der Waals surface area contributed by atoms with Gasteiger partial charge >= 0.3 is 0 Å². The van der Waals surface area contributed by atoms with Crippen LogP contribution in [0.5, 0.6) is 5.75 Å². The van der Waals surface area contributed by atoms with E-state index >= 15 is 0 Å². The first-order chi connectivity index (χ1) is 15.6. The number of halogens is 1. The Bertz CT molecular complexity index is 1010. The minimum Gasteiger partial charge on any atom is -0.497 e. The highest BCUT2D eigenvalue weighted by molar-refractivity contribution is 7.09. The smallest absolute Gasteiger partial charge is 0.273 e. The van der Waals surface area contributed by atoms with Crippen LogP contribution in [0.1, 0.15) is 45.9 Å². The van der Waals surface area contributed by atoms with Gasteiger partial charge in [-0.3, -0.25) is 9.69 Å². The van der Waals surface area contributed by atoms with E-state index in [1.807, 2.05) is 46.7 Å². The first-order valence-electron chi connectivity index (χ1n) is 10.9. The predicted octanol–water partition coefficient (Wildman–Crippen LogP) is 5.12. The van der Waals surface area contributed by atoms with Crippen molar-refractivity contribution in [1.82, 2.24) is 14.8 Å². The average Bonchev–Trinajstić information content (AvgIpc) is 3.29. The molecule has 4 rings (SSSR count). The monoisotopic (exact) mass is 453 g/mol. The Labute approximate surface area is 192 Å². The lowest BCUT2D eigenvalue weighted by atomic mass is 10.1. The van der Waals surface area contributed by atoms with E-state index in [9.17, 15) is 9.18 Å². The first-order valence-corrected chi connectivity index (χ1v) is 11.8. The Morgan fingerprint density at radius 1 is 1.00 bits per heavy atom. The van der Waals surface area contributed by atoms with Crippen molar-refractivity contribution in [2.45, 2.75) is 38.9 Å². The first kappa shape index (κ1) is 22.4. The van der Waals surface area contributed by atoms with Gasteiger partial charge in [-0.15, -0.1) is 11.3 Å². The fraction of sp³-hybridized carbons (Fsp3) is 0.360. The molecule has 1 amide bonds. The maximum atomic E-state index is 13.4. The minimum atomic E-state index is -0.240. The Morgan fingerprint density at radius 2 is 1.62 bits per heavy atom. The van der Waals surface area contributed by atoms with Gasteiger partial charge in [0.2, 0.25) is 0 Å². The zero-order valence-corrected chi connectivity index (χ0v) is 19.1. The van der Waals surface area contributed by atoms with E-state index in [2.05, 4.69) is 9.88 Å². The molecule has 3 aromatic rings. The standard InChI is InChI=1S/C25H28FN3O2S/c1-31-22-11-7-20(8-12-22)16-28(15-19-5-9-21(26)10-6-19)17-24-27-23(18-32-24)25(30)29-13-3-2-4-14-29/h5-12,18H,2-4,13-17H2,1H3. The molecular weight excluding hydrogens is 425 g/mol. The normalized spacial score (nSPS) is 14.0. The molecule has 5 nitrogen and oxygen atoms in total. The molecule has 0 saturated carbocycles. The second kappa shape index (κ2) is 10.7. The van der Waals surface area contributed by atoms with Crippen LogP contribution in [0, 0.1) is 5.82 Å². The third-order valence-electron chi connectivity index (χ3n) is 5.66. The van der Waals surface area contributed by atoms with E-state index in [0.717, 1.165) is 47.8 Å². The summed E-state index contributed by atoms with van der Waals surface area (Å²) in [6.07, 6.45) is 3.32. The van der Waals surface area contributed by atoms with Crippen LogP contribution < -0.4 is 4.74 Å². The van der Waals surface area contributed by atoms with Gasteiger partial charge in [-0.25, -0.2) is 9.37 Å². The summed E-state index contributed by atoms with van der Waals surface area (Å²) in [5.74, 6) is 0.614. The van der Waals surface area contributed by atoms with Gasteiger partial charge in [0.25, 0.3) is 5.91 Å². The van der Waals surface area contributed by atoms with Crippen LogP contribution in [-0.2, 0) is 19.6 Å². The van der Waals surface area contributed by atoms with E-state index in [-0.39, 0.29) is 11.7 Å². The van der Waals surface area contributed by atoms with Gasteiger partial charge in [0.05, 0.1) is 13.7 Å². The van der Waals surface area contributed by atoms with Gasteiger partial charge in [-0.1, -0.05) is 24.3 Å². The van der Waals surface area contributed by atoms with Gasteiger partial charge in [0, 0.05) is 31.6 Å². The molecule has 1 fully saturated rings. The summed E-state index contributed by atoms with van der Waals surface area (Å²) >= 11 is 1.52. The van der Waals surface area contributed by atoms with Crippen molar-refractivity contribution in [3.63, 3.8) is 0 Å². The Balaban J connectivity index is 1.48. The number of likely N-dealkylation sites (tertiary alicyclic amines) is 1. The van der Waals surface area contributed by atoms with Crippen molar-refractivity contribution >= 4 is 17.2 Å². The number of carbonyl (C=O) groups is 1. The zero-order chi connectivity index (χ0) is 22.3.